The second-order valence-electron chi connectivity index (χ2n) is 5.05. The second kappa shape index (κ2) is 6.31. The minimum Gasteiger partial charge on any atom is -0.399 e. The van der Waals surface area contributed by atoms with E-state index < -0.39 is 0 Å². The molecule has 0 aliphatic rings. The van der Waals surface area contributed by atoms with Crippen LogP contribution in [0, 0.1) is 6.92 Å². The van der Waals surface area contributed by atoms with Crippen molar-refractivity contribution in [2.75, 3.05) is 5.73 Å². The molecule has 0 aliphatic carbocycles. The van der Waals surface area contributed by atoms with Gasteiger partial charge in [-0.15, -0.1) is 0 Å². The first-order chi connectivity index (χ1) is 9.97. The summed E-state index contributed by atoms with van der Waals surface area (Å²) >= 11 is 6.34. The maximum absolute atomic E-state index is 12.5. The monoisotopic (exact) mass is 305 g/mol. The molecule has 0 aliphatic heterocycles. The van der Waals surface area contributed by atoms with E-state index in [4.69, 9.17) is 17.3 Å². The SMILES string of the molecule is CCc1nn(CC)c(CC(=O)c2ccc(N)c(C)c2)c1Cl. The van der Waals surface area contributed by atoms with Crippen molar-refractivity contribution < 1.29 is 4.79 Å². The van der Waals surface area contributed by atoms with Crippen LogP contribution in [0.2, 0.25) is 5.02 Å². The summed E-state index contributed by atoms with van der Waals surface area (Å²) in [6.07, 6.45) is 1.01. The lowest BCUT2D eigenvalue weighted by Crippen LogP contribution is -2.10. The fourth-order valence-corrected chi connectivity index (χ4v) is 2.63. The Kier molecular flexibility index (Phi) is 4.68. The minimum atomic E-state index is 0.0252. The van der Waals surface area contributed by atoms with Crippen LogP contribution in [0.25, 0.3) is 0 Å². The molecule has 4 nitrogen and oxygen atoms in total. The Morgan fingerprint density at radius 2 is 2.10 bits per heavy atom. The normalized spacial score (nSPS) is 10.9. The van der Waals surface area contributed by atoms with Crippen LogP contribution in [-0.4, -0.2) is 15.6 Å². The Morgan fingerprint density at radius 1 is 1.38 bits per heavy atom. The fourth-order valence-electron chi connectivity index (χ4n) is 2.29. The van der Waals surface area contributed by atoms with Crippen LogP contribution in [0.15, 0.2) is 18.2 Å². The minimum absolute atomic E-state index is 0.0252. The van der Waals surface area contributed by atoms with Crippen LogP contribution < -0.4 is 5.73 Å². The van der Waals surface area contributed by atoms with Crippen LogP contribution in [0.1, 0.15) is 41.2 Å². The first kappa shape index (κ1) is 15.6. The van der Waals surface area contributed by atoms with Gasteiger partial charge in [0.15, 0.2) is 5.78 Å². The third kappa shape index (κ3) is 3.10. The third-order valence-electron chi connectivity index (χ3n) is 3.61. The van der Waals surface area contributed by atoms with Crippen molar-refractivity contribution in [3.8, 4) is 0 Å². The van der Waals surface area contributed by atoms with E-state index in [0.717, 1.165) is 23.4 Å². The highest BCUT2D eigenvalue weighted by Gasteiger charge is 2.18. The van der Waals surface area contributed by atoms with Crippen LogP contribution in [0.4, 0.5) is 5.69 Å². The highest BCUT2D eigenvalue weighted by Crippen LogP contribution is 2.23. The van der Waals surface area contributed by atoms with Gasteiger partial charge in [-0.05, 0) is 44.0 Å². The zero-order chi connectivity index (χ0) is 15.6. The zero-order valence-corrected chi connectivity index (χ0v) is 13.4. The van der Waals surface area contributed by atoms with Gasteiger partial charge in [0.2, 0.25) is 0 Å². The number of nitrogen functional groups attached to an aromatic ring is 1. The van der Waals surface area contributed by atoms with Crippen LogP contribution in [0.3, 0.4) is 0 Å². The molecule has 2 N–H and O–H groups in total. The number of nitrogens with two attached hydrogens (primary N) is 1. The third-order valence-corrected chi connectivity index (χ3v) is 4.05. The molecule has 0 fully saturated rings. The predicted octanol–water partition coefficient (Wildman–Crippen LogP) is 3.43. The zero-order valence-electron chi connectivity index (χ0n) is 12.6. The quantitative estimate of drug-likeness (QED) is 0.680. The molecule has 5 heteroatoms. The highest BCUT2D eigenvalue weighted by molar-refractivity contribution is 6.32. The van der Waals surface area contributed by atoms with Crippen LogP contribution >= 0.6 is 11.6 Å². The molecular weight excluding hydrogens is 286 g/mol. The second-order valence-corrected chi connectivity index (χ2v) is 5.43. The van der Waals surface area contributed by atoms with Gasteiger partial charge >= 0.3 is 0 Å². The van der Waals surface area contributed by atoms with E-state index >= 15 is 0 Å². The van der Waals surface area contributed by atoms with Crippen molar-refractivity contribution in [1.29, 1.82) is 0 Å². The van der Waals surface area contributed by atoms with Gasteiger partial charge in [-0.3, -0.25) is 9.48 Å². The molecule has 1 aromatic carbocycles. The number of hydrogen-bond acceptors (Lipinski definition) is 3. The van der Waals surface area contributed by atoms with Gasteiger partial charge in [-0.1, -0.05) is 18.5 Å². The summed E-state index contributed by atoms with van der Waals surface area (Å²) in [5.74, 6) is 0.0252. The first-order valence-electron chi connectivity index (χ1n) is 7.11. The van der Waals surface area contributed by atoms with Gasteiger partial charge < -0.3 is 5.73 Å². The molecule has 1 aromatic heterocycles. The van der Waals surface area contributed by atoms with Crippen molar-refractivity contribution >= 4 is 23.1 Å². The van der Waals surface area contributed by atoms with Gasteiger partial charge in [0.25, 0.3) is 0 Å². The van der Waals surface area contributed by atoms with E-state index in [9.17, 15) is 4.79 Å². The van der Waals surface area contributed by atoms with E-state index in [1.54, 1.807) is 12.1 Å². The Morgan fingerprint density at radius 3 is 2.67 bits per heavy atom. The summed E-state index contributed by atoms with van der Waals surface area (Å²) in [6.45, 7) is 6.58. The number of anilines is 1. The largest absolute Gasteiger partial charge is 0.399 e. The Labute approximate surface area is 129 Å². The van der Waals surface area contributed by atoms with Crippen LogP contribution in [-0.2, 0) is 19.4 Å². The van der Waals surface area contributed by atoms with E-state index in [1.165, 1.54) is 0 Å². The van der Waals surface area contributed by atoms with E-state index in [-0.39, 0.29) is 12.2 Å². The molecule has 112 valence electrons. The number of Topliss-reactive ketones (excluding diaryl/α,β-unsaturated/α-hetero) is 1. The number of ketones is 1. The summed E-state index contributed by atoms with van der Waals surface area (Å²) < 4.78 is 1.81. The molecule has 0 radical (unpaired) electrons. The smallest absolute Gasteiger partial charge is 0.168 e. The molecular formula is C16H20ClN3O. The molecule has 1 heterocycles. The van der Waals surface area contributed by atoms with Crippen molar-refractivity contribution in [1.82, 2.24) is 9.78 Å². The number of rotatable bonds is 5. The molecule has 2 aromatic rings. The van der Waals surface area contributed by atoms with Crippen molar-refractivity contribution in [2.45, 2.75) is 40.2 Å². The lowest BCUT2D eigenvalue weighted by atomic mass is 10.0. The van der Waals surface area contributed by atoms with E-state index in [0.29, 0.717) is 22.8 Å². The van der Waals surface area contributed by atoms with Crippen molar-refractivity contribution in [2.24, 2.45) is 0 Å². The molecule has 0 saturated carbocycles. The van der Waals surface area contributed by atoms with Gasteiger partial charge in [0.1, 0.15) is 0 Å². The van der Waals surface area contributed by atoms with Gasteiger partial charge in [-0.2, -0.15) is 5.10 Å². The van der Waals surface area contributed by atoms with Gasteiger partial charge in [-0.25, -0.2) is 0 Å². The first-order valence-corrected chi connectivity index (χ1v) is 7.49. The summed E-state index contributed by atoms with van der Waals surface area (Å²) in [6, 6.07) is 5.34. The number of halogens is 1. The van der Waals surface area contributed by atoms with Gasteiger partial charge in [0.05, 0.1) is 22.8 Å². The summed E-state index contributed by atoms with van der Waals surface area (Å²) in [4.78, 5) is 12.5. The van der Waals surface area contributed by atoms with Crippen molar-refractivity contribution in [3.63, 3.8) is 0 Å². The molecule has 0 spiro atoms. The van der Waals surface area contributed by atoms with Crippen molar-refractivity contribution in [3.05, 3.63) is 45.7 Å². The molecule has 0 unspecified atom stereocenters. The predicted molar refractivity (Wildman–Crippen MR) is 85.9 cm³/mol. The number of hydrogen-bond donors (Lipinski definition) is 1. The summed E-state index contributed by atoms with van der Waals surface area (Å²) in [7, 11) is 0. The maximum atomic E-state index is 12.5. The molecule has 0 saturated heterocycles. The van der Waals surface area contributed by atoms with Gasteiger partial charge in [0, 0.05) is 17.8 Å². The molecule has 0 amide bonds. The summed E-state index contributed by atoms with van der Waals surface area (Å²) in [5.41, 5.74) is 9.67. The number of nitrogens with zero attached hydrogens (tertiary/aromatic N) is 2. The lowest BCUT2D eigenvalue weighted by Gasteiger charge is -2.07. The Bertz CT molecular complexity index is 676. The lowest BCUT2D eigenvalue weighted by molar-refractivity contribution is 0.0990. The number of aryl methyl sites for hydroxylation is 3. The number of carbonyl (C=O) groups is 1. The van der Waals surface area contributed by atoms with E-state index in [1.807, 2.05) is 31.5 Å². The number of carbonyl (C=O) groups excluding carboxylic acids is 1. The highest BCUT2D eigenvalue weighted by atomic mass is 35.5. The van der Waals surface area contributed by atoms with E-state index in [2.05, 4.69) is 5.10 Å². The topological polar surface area (TPSA) is 60.9 Å². The molecule has 0 atom stereocenters. The number of aromatic nitrogens is 2. The Balaban J connectivity index is 2.31. The fraction of sp³-hybridized carbons (Fsp3) is 0.375. The van der Waals surface area contributed by atoms with Crippen LogP contribution in [0.5, 0.6) is 0 Å². The Hall–Kier alpha value is -1.81. The average molecular weight is 306 g/mol. The summed E-state index contributed by atoms with van der Waals surface area (Å²) in [5, 5.41) is 5.05. The standard InChI is InChI=1S/C16H20ClN3O/c1-4-13-16(17)14(20(5-2)19-13)9-15(21)11-6-7-12(18)10(3)8-11/h6-8H,4-5,9,18H2,1-3H3. The maximum Gasteiger partial charge on any atom is 0.168 e. The molecule has 2 rings (SSSR count). The molecule has 0 bridgehead atoms. The average Bonchev–Trinajstić information content (AvgIpc) is 2.78. The number of benzene rings is 1. The molecule has 21 heavy (non-hydrogen) atoms.